The van der Waals surface area contributed by atoms with Crippen LogP contribution in [-0.2, 0) is 9.53 Å². The molecule has 3 rings (SSSR count). The second-order valence-electron chi connectivity index (χ2n) is 6.85. The van der Waals surface area contributed by atoms with Crippen molar-refractivity contribution in [3.8, 4) is 0 Å². The molecule has 0 atom stereocenters. The maximum Gasteiger partial charge on any atom is 0.338 e. The van der Waals surface area contributed by atoms with Crippen LogP contribution >= 0.6 is 0 Å². The number of nitrogens with zero attached hydrogens (tertiary/aromatic N) is 1. The van der Waals surface area contributed by atoms with Crippen LogP contribution in [-0.4, -0.2) is 53.8 Å². The lowest BCUT2D eigenvalue weighted by atomic mass is 10.1. The van der Waals surface area contributed by atoms with Crippen molar-refractivity contribution < 1.29 is 28.7 Å². The van der Waals surface area contributed by atoms with Gasteiger partial charge in [0, 0.05) is 12.6 Å². The van der Waals surface area contributed by atoms with Gasteiger partial charge in [-0.3, -0.25) is 24.6 Å². The van der Waals surface area contributed by atoms with Crippen LogP contribution in [0.25, 0.3) is 0 Å². The molecule has 2 N–H and O–H groups in total. The van der Waals surface area contributed by atoms with Crippen molar-refractivity contribution in [2.45, 2.75) is 31.7 Å². The Kier molecular flexibility index (Phi) is 6.06. The van der Waals surface area contributed by atoms with Gasteiger partial charge < -0.3 is 10.1 Å². The van der Waals surface area contributed by atoms with Gasteiger partial charge in [0.25, 0.3) is 17.7 Å². The lowest BCUT2D eigenvalue weighted by Gasteiger charge is -2.12. The number of imide groups is 2. The average Bonchev–Trinajstić information content (AvgIpc) is 3.28. The average molecular weight is 399 g/mol. The van der Waals surface area contributed by atoms with Crippen molar-refractivity contribution in [3.05, 3.63) is 47.5 Å². The number of carbonyl (C=O) groups is 5. The van der Waals surface area contributed by atoms with Crippen LogP contribution in [0, 0.1) is 0 Å². The number of carbonyl (C=O) groups excluding carboxylic acids is 5. The highest BCUT2D eigenvalue weighted by molar-refractivity contribution is 6.22. The summed E-state index contributed by atoms with van der Waals surface area (Å²) < 4.78 is 4.90. The Morgan fingerprint density at radius 2 is 1.83 bits per heavy atom. The van der Waals surface area contributed by atoms with E-state index < -0.39 is 36.3 Å². The van der Waals surface area contributed by atoms with Crippen molar-refractivity contribution in [1.29, 1.82) is 0 Å². The monoisotopic (exact) mass is 399 g/mol. The van der Waals surface area contributed by atoms with E-state index in [0.29, 0.717) is 0 Å². The summed E-state index contributed by atoms with van der Waals surface area (Å²) in [5.41, 5.74) is 0.301. The van der Waals surface area contributed by atoms with Crippen molar-refractivity contribution >= 4 is 29.7 Å². The topological polar surface area (TPSA) is 122 Å². The summed E-state index contributed by atoms with van der Waals surface area (Å²) in [6.45, 7) is 2.92. The molecule has 0 saturated heterocycles. The molecule has 9 heteroatoms. The van der Waals surface area contributed by atoms with E-state index in [1.54, 1.807) is 0 Å². The minimum atomic E-state index is -0.846. The summed E-state index contributed by atoms with van der Waals surface area (Å²) in [4.78, 5) is 61.2. The fourth-order valence-electron chi connectivity index (χ4n) is 3.38. The van der Waals surface area contributed by atoms with E-state index in [4.69, 9.17) is 4.74 Å². The van der Waals surface area contributed by atoms with E-state index in [2.05, 4.69) is 17.2 Å². The number of hydrogen-bond acceptors (Lipinski definition) is 6. The summed E-state index contributed by atoms with van der Waals surface area (Å²) in [5.74, 6) is -2.60. The first-order valence-electron chi connectivity index (χ1n) is 9.29. The van der Waals surface area contributed by atoms with Gasteiger partial charge in [-0.2, -0.15) is 0 Å². The molecule has 29 heavy (non-hydrogen) atoms. The van der Waals surface area contributed by atoms with E-state index in [1.165, 1.54) is 24.3 Å². The lowest BCUT2D eigenvalue weighted by Crippen LogP contribution is -2.45. The highest BCUT2D eigenvalue weighted by Gasteiger charge is 2.35. The molecule has 0 unspecified atom stereocenters. The molecule has 0 radical (unpaired) electrons. The first-order valence-corrected chi connectivity index (χ1v) is 9.29. The fraction of sp³-hybridized carbons (Fsp3) is 0.350. The van der Waals surface area contributed by atoms with Gasteiger partial charge >= 0.3 is 12.0 Å². The Morgan fingerprint density at radius 1 is 1.14 bits per heavy atom. The number of urea groups is 1. The molecule has 9 nitrogen and oxygen atoms in total. The Labute approximate surface area is 167 Å². The van der Waals surface area contributed by atoms with Crippen molar-refractivity contribution in [1.82, 2.24) is 15.5 Å². The van der Waals surface area contributed by atoms with Gasteiger partial charge in [0.15, 0.2) is 6.61 Å². The van der Waals surface area contributed by atoms with Crippen molar-refractivity contribution in [2.24, 2.45) is 0 Å². The number of fused-ring (bicyclic) bond motifs is 1. The molecule has 1 aliphatic carbocycles. The molecule has 0 spiro atoms. The first-order chi connectivity index (χ1) is 13.9. The number of nitrogens with one attached hydrogen (secondary N) is 2. The third kappa shape index (κ3) is 4.50. The SMILES string of the molecule is C=CCN1C(=O)c2ccc(C(=O)OCC(=O)NC(=O)NC3CCCC3)cc2C1=O. The number of ether oxygens (including phenoxy) is 1. The standard InChI is InChI=1S/C20H21N3O6/c1-2-9-23-17(25)14-8-7-12(10-15(14)18(23)26)19(27)29-11-16(24)22-20(28)21-13-5-3-4-6-13/h2,7-8,10,13H,1,3-6,9,11H2,(H2,21,22,24,28). The molecule has 1 fully saturated rings. The normalized spacial score (nSPS) is 15.8. The summed E-state index contributed by atoms with van der Waals surface area (Å²) in [6.07, 6.45) is 5.26. The van der Waals surface area contributed by atoms with Gasteiger partial charge in [-0.1, -0.05) is 18.9 Å². The molecule has 1 saturated carbocycles. The summed E-state index contributed by atoms with van der Waals surface area (Å²) in [7, 11) is 0. The summed E-state index contributed by atoms with van der Waals surface area (Å²) in [6, 6.07) is 3.39. The number of benzene rings is 1. The molecule has 152 valence electrons. The first kappa shape index (κ1) is 20.2. The molecule has 1 heterocycles. The van der Waals surface area contributed by atoms with Crippen LogP contribution < -0.4 is 10.6 Å². The third-order valence-electron chi connectivity index (χ3n) is 4.80. The molecule has 1 aliphatic heterocycles. The van der Waals surface area contributed by atoms with Gasteiger partial charge in [0.2, 0.25) is 0 Å². The van der Waals surface area contributed by atoms with Crippen molar-refractivity contribution in [3.63, 3.8) is 0 Å². The fourth-order valence-corrected chi connectivity index (χ4v) is 3.38. The van der Waals surface area contributed by atoms with E-state index in [9.17, 15) is 24.0 Å². The minimum absolute atomic E-state index is 0.0218. The molecule has 0 bridgehead atoms. The molecule has 1 aromatic carbocycles. The highest BCUT2D eigenvalue weighted by atomic mass is 16.5. The van der Waals surface area contributed by atoms with E-state index in [1.807, 2.05) is 0 Å². The number of rotatable bonds is 6. The predicted molar refractivity (Wildman–Crippen MR) is 101 cm³/mol. The van der Waals surface area contributed by atoms with Gasteiger partial charge in [0.05, 0.1) is 16.7 Å². The van der Waals surface area contributed by atoms with E-state index in [0.717, 1.165) is 30.6 Å². The van der Waals surface area contributed by atoms with Gasteiger partial charge in [-0.15, -0.1) is 6.58 Å². The maximum absolute atomic E-state index is 12.3. The molecule has 5 amide bonds. The van der Waals surface area contributed by atoms with E-state index in [-0.39, 0.29) is 29.3 Å². The Hall–Kier alpha value is -3.49. The zero-order chi connectivity index (χ0) is 21.0. The second-order valence-corrected chi connectivity index (χ2v) is 6.85. The maximum atomic E-state index is 12.3. The summed E-state index contributed by atoms with van der Waals surface area (Å²) >= 11 is 0. The van der Waals surface area contributed by atoms with E-state index >= 15 is 0 Å². The van der Waals surface area contributed by atoms with Crippen LogP contribution in [0.2, 0.25) is 0 Å². The van der Waals surface area contributed by atoms with Crippen LogP contribution in [0.5, 0.6) is 0 Å². The zero-order valence-corrected chi connectivity index (χ0v) is 15.7. The number of esters is 1. The lowest BCUT2D eigenvalue weighted by molar-refractivity contribution is -0.123. The molecule has 2 aliphatic rings. The van der Waals surface area contributed by atoms with Gasteiger partial charge in [-0.05, 0) is 31.0 Å². The minimum Gasteiger partial charge on any atom is -0.452 e. The molecular weight excluding hydrogens is 378 g/mol. The third-order valence-corrected chi connectivity index (χ3v) is 4.80. The Bertz CT molecular complexity index is 888. The van der Waals surface area contributed by atoms with Gasteiger partial charge in [0.1, 0.15) is 0 Å². The number of amides is 5. The number of hydrogen-bond donors (Lipinski definition) is 2. The van der Waals surface area contributed by atoms with Gasteiger partial charge in [-0.25, -0.2) is 9.59 Å². The zero-order valence-electron chi connectivity index (χ0n) is 15.7. The Morgan fingerprint density at radius 3 is 2.52 bits per heavy atom. The van der Waals surface area contributed by atoms with Crippen LogP contribution in [0.4, 0.5) is 4.79 Å². The van der Waals surface area contributed by atoms with Crippen LogP contribution in [0.3, 0.4) is 0 Å². The molecular formula is C20H21N3O6. The Balaban J connectivity index is 1.54. The molecule has 0 aromatic heterocycles. The molecule has 1 aromatic rings. The predicted octanol–water partition coefficient (Wildman–Crippen LogP) is 1.39. The smallest absolute Gasteiger partial charge is 0.338 e. The summed E-state index contributed by atoms with van der Waals surface area (Å²) in [5, 5.41) is 4.80. The van der Waals surface area contributed by atoms with Crippen LogP contribution in [0.15, 0.2) is 30.9 Å². The second kappa shape index (κ2) is 8.68. The quantitative estimate of drug-likeness (QED) is 0.424. The largest absolute Gasteiger partial charge is 0.452 e. The highest BCUT2D eigenvalue weighted by Crippen LogP contribution is 2.24. The van der Waals surface area contributed by atoms with Crippen LogP contribution in [0.1, 0.15) is 56.8 Å². The van der Waals surface area contributed by atoms with Crippen molar-refractivity contribution in [2.75, 3.05) is 13.2 Å².